The van der Waals surface area contributed by atoms with E-state index >= 15 is 0 Å². The van der Waals surface area contributed by atoms with Crippen LogP contribution in [0.15, 0.2) is 4.40 Å². The summed E-state index contributed by atoms with van der Waals surface area (Å²) in [5.41, 5.74) is 0.0750. The normalized spacial score (nSPS) is 37.7. The van der Waals surface area contributed by atoms with E-state index in [9.17, 15) is 4.21 Å². The van der Waals surface area contributed by atoms with Gasteiger partial charge in [0.1, 0.15) is 11.0 Å². The highest BCUT2D eigenvalue weighted by atomic mass is 32.2. The number of fused-ring (bicyclic) bond motifs is 2. The van der Waals surface area contributed by atoms with E-state index in [1.807, 2.05) is 27.0 Å². The van der Waals surface area contributed by atoms with Gasteiger partial charge in [-0.3, -0.25) is 0 Å². The monoisotopic (exact) mass is 228 g/mol. The molecule has 0 spiro atoms. The Morgan fingerprint density at radius 2 is 2.00 bits per heavy atom. The van der Waals surface area contributed by atoms with Gasteiger partial charge in [0.15, 0.2) is 0 Å². The Balaban J connectivity index is 2.03. The highest BCUT2D eigenvalue weighted by Crippen LogP contribution is 2.36. The quantitative estimate of drug-likeness (QED) is 0.732. The molecule has 3 nitrogen and oxygen atoms in total. The van der Waals surface area contributed by atoms with Gasteiger partial charge in [-0.1, -0.05) is 0 Å². The van der Waals surface area contributed by atoms with Gasteiger partial charge in [-0.05, 0) is 46.5 Å². The van der Waals surface area contributed by atoms with Gasteiger partial charge in [0.2, 0.25) is 0 Å². The highest BCUT2D eigenvalue weighted by molar-refractivity contribution is 7.85. The van der Waals surface area contributed by atoms with E-state index in [1.165, 1.54) is 12.8 Å². The third-order valence-corrected chi connectivity index (χ3v) is 4.63. The average Bonchev–Trinajstić information content (AvgIpc) is 2.72. The summed E-state index contributed by atoms with van der Waals surface area (Å²) >= 11 is 0. The first-order valence-electron chi connectivity index (χ1n) is 5.66. The van der Waals surface area contributed by atoms with Crippen molar-refractivity contribution in [2.75, 3.05) is 0 Å². The number of hydrogen-bond acceptors (Lipinski definition) is 2. The fourth-order valence-electron chi connectivity index (χ4n) is 2.30. The lowest BCUT2D eigenvalue weighted by molar-refractivity contribution is 0.518. The summed E-state index contributed by atoms with van der Waals surface area (Å²) in [6, 6.07) is 0.680. The van der Waals surface area contributed by atoms with Crippen molar-refractivity contribution in [3.8, 4) is 0 Å². The first kappa shape index (κ1) is 11.3. The molecule has 4 heteroatoms. The third-order valence-electron chi connectivity index (χ3n) is 3.29. The van der Waals surface area contributed by atoms with Crippen molar-refractivity contribution >= 4 is 17.2 Å². The molecule has 1 N–H and O–H groups in total. The molecule has 2 aliphatic rings. The second-order valence-corrected chi connectivity index (χ2v) is 7.60. The lowest BCUT2D eigenvalue weighted by atomic mass is 9.89. The minimum atomic E-state index is -1.11. The fourth-order valence-corrected chi connectivity index (χ4v) is 2.92. The maximum absolute atomic E-state index is 11.8. The molecule has 2 rings (SSSR count). The van der Waals surface area contributed by atoms with Crippen molar-refractivity contribution in [1.29, 1.82) is 0 Å². The predicted octanol–water partition coefficient (Wildman–Crippen LogP) is 1.80. The Morgan fingerprint density at radius 1 is 1.40 bits per heavy atom. The van der Waals surface area contributed by atoms with E-state index in [4.69, 9.17) is 0 Å². The van der Waals surface area contributed by atoms with Crippen molar-refractivity contribution in [1.82, 2.24) is 5.32 Å². The molecule has 0 aliphatic carbocycles. The molecule has 0 aromatic carbocycles. The van der Waals surface area contributed by atoms with Crippen LogP contribution in [0.3, 0.4) is 0 Å². The predicted molar refractivity (Wildman–Crippen MR) is 64.5 cm³/mol. The molecule has 0 saturated carbocycles. The van der Waals surface area contributed by atoms with Crippen LogP contribution in [0.1, 0.15) is 46.5 Å². The molecule has 15 heavy (non-hydrogen) atoms. The molecular formula is C11H20N2OS. The summed E-state index contributed by atoms with van der Waals surface area (Å²) in [4.78, 5) is 0. The van der Waals surface area contributed by atoms with Gasteiger partial charge in [0.05, 0.1) is 10.3 Å². The van der Waals surface area contributed by atoms with E-state index in [-0.39, 0.29) is 10.3 Å². The van der Waals surface area contributed by atoms with Crippen molar-refractivity contribution < 1.29 is 4.21 Å². The molecule has 2 fully saturated rings. The van der Waals surface area contributed by atoms with Crippen molar-refractivity contribution in [3.63, 3.8) is 0 Å². The first-order chi connectivity index (χ1) is 6.91. The van der Waals surface area contributed by atoms with E-state index < -0.39 is 11.0 Å². The molecule has 0 radical (unpaired) electrons. The van der Waals surface area contributed by atoms with Crippen LogP contribution >= 0.6 is 0 Å². The summed E-state index contributed by atoms with van der Waals surface area (Å²) in [6.45, 7) is 5.87. The number of nitrogens with zero attached hydrogens (tertiary/aromatic N) is 1. The SMILES string of the molecule is CC(C)(C)[S@@](=O)N=CC12CCC(CC1)N2. The third kappa shape index (κ3) is 2.31. The van der Waals surface area contributed by atoms with E-state index in [2.05, 4.69) is 9.71 Å². The largest absolute Gasteiger partial charge is 0.304 e. The molecule has 2 aliphatic heterocycles. The lowest BCUT2D eigenvalue weighted by Crippen LogP contribution is -2.38. The number of rotatable bonds is 2. The van der Waals surface area contributed by atoms with Crippen LogP contribution in [-0.4, -0.2) is 26.8 Å². The van der Waals surface area contributed by atoms with Crippen molar-refractivity contribution in [3.05, 3.63) is 0 Å². The number of hydrogen-bond donors (Lipinski definition) is 1. The zero-order valence-electron chi connectivity index (χ0n) is 9.75. The van der Waals surface area contributed by atoms with Crippen LogP contribution in [0.2, 0.25) is 0 Å². The zero-order chi connectivity index (χ0) is 11.1. The molecule has 0 aromatic rings. The maximum atomic E-state index is 11.8. The van der Waals surface area contributed by atoms with Gasteiger partial charge in [-0.15, -0.1) is 0 Å². The van der Waals surface area contributed by atoms with Gasteiger partial charge < -0.3 is 5.32 Å². The Morgan fingerprint density at radius 3 is 2.40 bits per heavy atom. The van der Waals surface area contributed by atoms with E-state index in [0.717, 1.165) is 12.8 Å². The molecule has 2 bridgehead atoms. The summed E-state index contributed by atoms with van der Waals surface area (Å²) < 4.78 is 15.8. The average molecular weight is 228 g/mol. The van der Waals surface area contributed by atoms with Crippen LogP contribution in [0, 0.1) is 0 Å². The minimum Gasteiger partial charge on any atom is -0.304 e. The topological polar surface area (TPSA) is 41.5 Å². The Kier molecular flexibility index (Phi) is 2.75. The van der Waals surface area contributed by atoms with Crippen molar-refractivity contribution in [2.24, 2.45) is 4.40 Å². The van der Waals surface area contributed by atoms with Crippen LogP contribution in [0.4, 0.5) is 0 Å². The fraction of sp³-hybridized carbons (Fsp3) is 0.909. The van der Waals surface area contributed by atoms with Gasteiger partial charge in [0, 0.05) is 12.3 Å². The Bertz CT molecular complexity index is 298. The molecule has 2 heterocycles. The molecule has 2 saturated heterocycles. The standard InChI is InChI=1S/C11H20N2OS/c1-10(2,3)15(14)12-8-11-6-4-9(13-11)5-7-11/h8-9,13H,4-7H2,1-3H3/t9?,11?,15-/m1/s1. The molecule has 0 amide bonds. The molecule has 0 aromatic heterocycles. The summed E-state index contributed by atoms with van der Waals surface area (Å²) in [7, 11) is -1.11. The van der Waals surface area contributed by atoms with Crippen molar-refractivity contribution in [2.45, 2.75) is 62.8 Å². The summed E-state index contributed by atoms with van der Waals surface area (Å²) in [5, 5.41) is 3.56. The smallest absolute Gasteiger partial charge is 0.144 e. The van der Waals surface area contributed by atoms with Crippen LogP contribution < -0.4 is 5.32 Å². The number of nitrogens with one attached hydrogen (secondary N) is 1. The van der Waals surface area contributed by atoms with Gasteiger partial charge >= 0.3 is 0 Å². The zero-order valence-corrected chi connectivity index (χ0v) is 10.6. The van der Waals surface area contributed by atoms with Crippen LogP contribution in [0.25, 0.3) is 0 Å². The molecule has 86 valence electrons. The second-order valence-electron chi connectivity index (χ2n) is 5.67. The lowest BCUT2D eigenvalue weighted by Gasteiger charge is -2.21. The van der Waals surface area contributed by atoms with Gasteiger partial charge in [-0.2, -0.15) is 4.40 Å². The van der Waals surface area contributed by atoms with Crippen LogP contribution in [0.5, 0.6) is 0 Å². The summed E-state index contributed by atoms with van der Waals surface area (Å²) in [5.74, 6) is 0. The second kappa shape index (κ2) is 3.67. The Labute approximate surface area is 94.3 Å². The highest BCUT2D eigenvalue weighted by Gasteiger charge is 2.43. The van der Waals surface area contributed by atoms with E-state index in [1.54, 1.807) is 0 Å². The molecule has 0 unspecified atom stereocenters. The maximum Gasteiger partial charge on any atom is 0.144 e. The van der Waals surface area contributed by atoms with Crippen LogP contribution in [-0.2, 0) is 11.0 Å². The van der Waals surface area contributed by atoms with Gasteiger partial charge in [0.25, 0.3) is 0 Å². The Hall–Kier alpha value is -0.220. The minimum absolute atomic E-state index is 0.0750. The van der Waals surface area contributed by atoms with Gasteiger partial charge in [-0.25, -0.2) is 4.21 Å². The van der Waals surface area contributed by atoms with E-state index in [0.29, 0.717) is 6.04 Å². The first-order valence-corrected chi connectivity index (χ1v) is 6.77. The molecule has 1 atom stereocenters. The summed E-state index contributed by atoms with van der Waals surface area (Å²) in [6.07, 6.45) is 6.72. The molecular weight excluding hydrogens is 208 g/mol.